The van der Waals surface area contributed by atoms with E-state index in [-0.39, 0.29) is 17.9 Å². The van der Waals surface area contributed by atoms with E-state index < -0.39 is 13.0 Å². The second-order valence-corrected chi connectivity index (χ2v) is 4.26. The van der Waals surface area contributed by atoms with E-state index in [0.717, 1.165) is 13.0 Å². The van der Waals surface area contributed by atoms with E-state index in [1.54, 1.807) is 0 Å². The summed E-state index contributed by atoms with van der Waals surface area (Å²) in [6.45, 7) is 4.29. The Morgan fingerprint density at radius 3 is 2.73 bits per heavy atom. The van der Waals surface area contributed by atoms with Crippen molar-refractivity contribution in [3.05, 3.63) is 0 Å². The molecule has 0 aliphatic carbocycles. The molecule has 0 spiro atoms. The van der Waals surface area contributed by atoms with Gasteiger partial charge in [0.15, 0.2) is 0 Å². The Labute approximate surface area is 88.6 Å². The van der Waals surface area contributed by atoms with E-state index in [0.29, 0.717) is 5.92 Å². The lowest BCUT2D eigenvalue weighted by molar-refractivity contribution is -0.126. The lowest BCUT2D eigenvalue weighted by Crippen LogP contribution is -2.42. The van der Waals surface area contributed by atoms with Crippen molar-refractivity contribution in [3.63, 3.8) is 0 Å². The number of halogens is 2. The Morgan fingerprint density at radius 1 is 1.53 bits per heavy atom. The van der Waals surface area contributed by atoms with E-state index in [2.05, 4.69) is 10.6 Å². The second-order valence-electron chi connectivity index (χ2n) is 4.26. The van der Waals surface area contributed by atoms with E-state index >= 15 is 0 Å². The molecule has 2 N–H and O–H groups in total. The molecule has 1 aliphatic heterocycles. The summed E-state index contributed by atoms with van der Waals surface area (Å²) < 4.78 is 23.8. The zero-order valence-electron chi connectivity index (χ0n) is 9.09. The maximum absolute atomic E-state index is 11.9. The first-order valence-corrected chi connectivity index (χ1v) is 5.31. The lowest BCUT2D eigenvalue weighted by atomic mass is 9.91. The zero-order chi connectivity index (χ0) is 11.4. The highest BCUT2D eigenvalue weighted by molar-refractivity contribution is 5.79. The fourth-order valence-corrected chi connectivity index (χ4v) is 2.03. The summed E-state index contributed by atoms with van der Waals surface area (Å²) in [4.78, 5) is 11.6. The second kappa shape index (κ2) is 5.39. The summed E-state index contributed by atoms with van der Waals surface area (Å²) in [6.07, 6.45) is -1.74. The summed E-state index contributed by atoms with van der Waals surface area (Å²) >= 11 is 0. The van der Waals surface area contributed by atoms with Gasteiger partial charge in [0.05, 0.1) is 12.5 Å². The van der Waals surface area contributed by atoms with Crippen molar-refractivity contribution in [2.24, 2.45) is 11.8 Å². The molecule has 1 fully saturated rings. The van der Waals surface area contributed by atoms with Gasteiger partial charge in [0, 0.05) is 6.04 Å². The minimum Gasteiger partial charge on any atom is -0.350 e. The van der Waals surface area contributed by atoms with Crippen LogP contribution in [0.3, 0.4) is 0 Å². The van der Waals surface area contributed by atoms with Crippen LogP contribution >= 0.6 is 0 Å². The Kier molecular flexibility index (Phi) is 4.45. The number of rotatable bonds is 4. The molecule has 1 aliphatic rings. The molecule has 0 aromatic carbocycles. The molecule has 1 saturated heterocycles. The van der Waals surface area contributed by atoms with Gasteiger partial charge in [-0.1, -0.05) is 13.8 Å². The van der Waals surface area contributed by atoms with Gasteiger partial charge in [0.1, 0.15) is 0 Å². The third-order valence-electron chi connectivity index (χ3n) is 2.75. The topological polar surface area (TPSA) is 41.1 Å². The van der Waals surface area contributed by atoms with Crippen LogP contribution in [0, 0.1) is 11.8 Å². The predicted molar refractivity (Wildman–Crippen MR) is 53.7 cm³/mol. The van der Waals surface area contributed by atoms with Gasteiger partial charge in [-0.15, -0.1) is 0 Å². The number of hydrogen-bond donors (Lipinski definition) is 2. The van der Waals surface area contributed by atoms with Crippen molar-refractivity contribution < 1.29 is 13.6 Å². The maximum atomic E-state index is 11.9. The number of amides is 1. The van der Waals surface area contributed by atoms with Crippen LogP contribution in [0.25, 0.3) is 0 Å². The third kappa shape index (κ3) is 3.41. The number of carbonyl (C=O) groups excluding carboxylic acids is 1. The molecular formula is C10H18F2N2O. The van der Waals surface area contributed by atoms with Crippen LogP contribution in [0.2, 0.25) is 0 Å². The number of alkyl halides is 2. The highest BCUT2D eigenvalue weighted by atomic mass is 19.3. The Balaban J connectivity index is 2.44. The van der Waals surface area contributed by atoms with Crippen molar-refractivity contribution >= 4 is 5.91 Å². The molecule has 2 unspecified atom stereocenters. The van der Waals surface area contributed by atoms with E-state index in [4.69, 9.17) is 0 Å². The molecule has 0 aromatic heterocycles. The highest BCUT2D eigenvalue weighted by Crippen LogP contribution is 2.21. The Morgan fingerprint density at radius 2 is 2.20 bits per heavy atom. The molecule has 1 amide bonds. The summed E-state index contributed by atoms with van der Waals surface area (Å²) in [5.74, 6) is -0.0717. The highest BCUT2D eigenvalue weighted by Gasteiger charge is 2.34. The smallest absolute Gasteiger partial charge is 0.255 e. The van der Waals surface area contributed by atoms with Crippen molar-refractivity contribution in [2.45, 2.75) is 32.7 Å². The van der Waals surface area contributed by atoms with Crippen molar-refractivity contribution in [1.82, 2.24) is 10.6 Å². The molecule has 1 rings (SSSR count). The van der Waals surface area contributed by atoms with E-state index in [9.17, 15) is 13.6 Å². The number of carbonyl (C=O) groups is 1. The van der Waals surface area contributed by atoms with Crippen LogP contribution in [0.1, 0.15) is 20.3 Å². The molecule has 1 heterocycles. The fraction of sp³-hybridized carbons (Fsp3) is 0.900. The van der Waals surface area contributed by atoms with Gasteiger partial charge < -0.3 is 10.6 Å². The molecule has 0 aromatic rings. The van der Waals surface area contributed by atoms with Gasteiger partial charge in [-0.05, 0) is 18.9 Å². The molecular weight excluding hydrogens is 202 g/mol. The minimum absolute atomic E-state index is 0.114. The largest absolute Gasteiger partial charge is 0.350 e. The first kappa shape index (κ1) is 12.4. The van der Waals surface area contributed by atoms with Gasteiger partial charge in [-0.25, -0.2) is 8.78 Å². The minimum atomic E-state index is -2.47. The van der Waals surface area contributed by atoms with Crippen molar-refractivity contribution in [2.75, 3.05) is 13.1 Å². The number of hydrogen-bond acceptors (Lipinski definition) is 2. The summed E-state index contributed by atoms with van der Waals surface area (Å²) in [6, 6.07) is 0.114. The summed E-state index contributed by atoms with van der Waals surface area (Å²) in [5, 5.41) is 5.51. The van der Waals surface area contributed by atoms with Gasteiger partial charge in [-0.3, -0.25) is 4.79 Å². The molecule has 5 heteroatoms. The van der Waals surface area contributed by atoms with Gasteiger partial charge in [-0.2, -0.15) is 0 Å². The standard InChI is InChI=1S/C10H18F2N2O/c1-6(2)9-7(3-4-13-9)10(15)14-5-8(11)12/h6-9,13H,3-5H2,1-2H3,(H,14,15). The van der Waals surface area contributed by atoms with Gasteiger partial charge in [0.25, 0.3) is 6.43 Å². The maximum Gasteiger partial charge on any atom is 0.255 e. The number of nitrogens with one attached hydrogen (secondary N) is 2. The predicted octanol–water partition coefficient (Wildman–Crippen LogP) is 1.00. The van der Waals surface area contributed by atoms with Gasteiger partial charge in [0.2, 0.25) is 5.91 Å². The summed E-state index contributed by atoms with van der Waals surface area (Å²) in [5.41, 5.74) is 0. The lowest BCUT2D eigenvalue weighted by Gasteiger charge is -2.22. The van der Waals surface area contributed by atoms with E-state index in [1.807, 2.05) is 13.8 Å². The van der Waals surface area contributed by atoms with Crippen LogP contribution in [-0.2, 0) is 4.79 Å². The average Bonchev–Trinajstić information content (AvgIpc) is 2.62. The molecule has 0 saturated carbocycles. The van der Waals surface area contributed by atoms with Crippen LogP contribution in [-0.4, -0.2) is 31.5 Å². The fourth-order valence-electron chi connectivity index (χ4n) is 2.03. The van der Waals surface area contributed by atoms with Crippen LogP contribution in [0.4, 0.5) is 8.78 Å². The third-order valence-corrected chi connectivity index (χ3v) is 2.75. The van der Waals surface area contributed by atoms with Crippen molar-refractivity contribution in [3.8, 4) is 0 Å². The van der Waals surface area contributed by atoms with Crippen LogP contribution < -0.4 is 10.6 Å². The first-order valence-electron chi connectivity index (χ1n) is 5.31. The van der Waals surface area contributed by atoms with Crippen molar-refractivity contribution in [1.29, 1.82) is 0 Å². The molecule has 2 atom stereocenters. The van der Waals surface area contributed by atoms with Crippen LogP contribution in [0.15, 0.2) is 0 Å². The Bertz CT molecular complexity index is 221. The molecule has 0 bridgehead atoms. The Hall–Kier alpha value is -0.710. The zero-order valence-corrected chi connectivity index (χ0v) is 9.09. The molecule has 15 heavy (non-hydrogen) atoms. The quantitative estimate of drug-likeness (QED) is 0.742. The average molecular weight is 220 g/mol. The first-order chi connectivity index (χ1) is 7.02. The molecule has 88 valence electrons. The monoisotopic (exact) mass is 220 g/mol. The van der Waals surface area contributed by atoms with E-state index in [1.165, 1.54) is 0 Å². The van der Waals surface area contributed by atoms with Gasteiger partial charge >= 0.3 is 0 Å². The SMILES string of the molecule is CC(C)C1NCCC1C(=O)NCC(F)F. The molecule has 0 radical (unpaired) electrons. The normalized spacial score (nSPS) is 26.3. The molecule has 3 nitrogen and oxygen atoms in total. The van der Waals surface area contributed by atoms with Crippen LogP contribution in [0.5, 0.6) is 0 Å². The summed E-state index contributed by atoms with van der Waals surface area (Å²) in [7, 11) is 0.